The molecule has 0 atom stereocenters. The van der Waals surface area contributed by atoms with E-state index in [1.807, 2.05) is 43.0 Å². The Kier molecular flexibility index (Phi) is 10.8. The standard InChI is InChI=1S/C23H37N5O2/c1-3-13-25-22(30)20-11-8-10-19(17-20)18-27-23(24-4-2)26-14-9-16-28-15-7-5-6-12-21(28)29/h8,10-11,17H,3-7,9,12-16,18H2,1-2H3,(H,25,30)(H2,24,26,27). The van der Waals surface area contributed by atoms with Gasteiger partial charge in [0.05, 0.1) is 6.54 Å². The van der Waals surface area contributed by atoms with E-state index >= 15 is 0 Å². The summed E-state index contributed by atoms with van der Waals surface area (Å²) in [6.45, 7) is 8.45. The van der Waals surface area contributed by atoms with E-state index in [0.717, 1.165) is 69.8 Å². The maximum Gasteiger partial charge on any atom is 0.251 e. The van der Waals surface area contributed by atoms with Gasteiger partial charge in [-0.3, -0.25) is 9.59 Å². The van der Waals surface area contributed by atoms with Gasteiger partial charge >= 0.3 is 0 Å². The number of benzene rings is 1. The van der Waals surface area contributed by atoms with E-state index in [9.17, 15) is 9.59 Å². The van der Waals surface area contributed by atoms with Crippen LogP contribution < -0.4 is 16.0 Å². The molecule has 1 aliphatic heterocycles. The monoisotopic (exact) mass is 415 g/mol. The second-order valence-corrected chi connectivity index (χ2v) is 7.62. The molecule has 1 aliphatic rings. The molecule has 7 nitrogen and oxygen atoms in total. The molecule has 30 heavy (non-hydrogen) atoms. The number of aliphatic imine (C=N–C) groups is 1. The minimum absolute atomic E-state index is 0.0456. The number of rotatable bonds is 10. The quantitative estimate of drug-likeness (QED) is 0.312. The summed E-state index contributed by atoms with van der Waals surface area (Å²) in [6.07, 6.45) is 5.78. The summed E-state index contributed by atoms with van der Waals surface area (Å²) < 4.78 is 0. The third-order valence-corrected chi connectivity index (χ3v) is 5.06. The van der Waals surface area contributed by atoms with E-state index in [1.165, 1.54) is 0 Å². The molecule has 0 saturated carbocycles. The number of hydrogen-bond donors (Lipinski definition) is 3. The van der Waals surface area contributed by atoms with Crippen molar-refractivity contribution in [3.8, 4) is 0 Å². The number of carbonyl (C=O) groups excluding carboxylic acids is 2. The molecule has 0 bridgehead atoms. The lowest BCUT2D eigenvalue weighted by molar-refractivity contribution is -0.130. The number of nitrogens with one attached hydrogen (secondary N) is 3. The molecule has 3 N–H and O–H groups in total. The molecule has 1 saturated heterocycles. The van der Waals surface area contributed by atoms with E-state index in [1.54, 1.807) is 0 Å². The van der Waals surface area contributed by atoms with Gasteiger partial charge in [0.25, 0.3) is 5.91 Å². The predicted molar refractivity (Wildman–Crippen MR) is 122 cm³/mol. The molecular weight excluding hydrogens is 378 g/mol. The SMILES string of the molecule is CCCNC(=O)c1cccc(CN=C(NCC)NCCCN2CCCCCC2=O)c1. The number of nitrogens with zero attached hydrogens (tertiary/aromatic N) is 2. The van der Waals surface area contributed by atoms with Gasteiger partial charge in [-0.2, -0.15) is 0 Å². The average Bonchev–Trinajstić information content (AvgIpc) is 2.97. The Morgan fingerprint density at radius 3 is 2.77 bits per heavy atom. The molecule has 0 aromatic heterocycles. The van der Waals surface area contributed by atoms with Gasteiger partial charge in [-0.1, -0.05) is 25.5 Å². The Hall–Kier alpha value is -2.57. The molecule has 7 heteroatoms. The smallest absolute Gasteiger partial charge is 0.251 e. The van der Waals surface area contributed by atoms with E-state index < -0.39 is 0 Å². The molecule has 2 rings (SSSR count). The summed E-state index contributed by atoms with van der Waals surface area (Å²) in [7, 11) is 0. The Morgan fingerprint density at radius 1 is 1.10 bits per heavy atom. The highest BCUT2D eigenvalue weighted by molar-refractivity contribution is 5.94. The largest absolute Gasteiger partial charge is 0.357 e. The summed E-state index contributed by atoms with van der Waals surface area (Å²) in [6, 6.07) is 7.59. The van der Waals surface area contributed by atoms with Crippen LogP contribution in [0.3, 0.4) is 0 Å². The fraction of sp³-hybridized carbons (Fsp3) is 0.609. The van der Waals surface area contributed by atoms with Crippen molar-refractivity contribution in [2.75, 3.05) is 32.7 Å². The van der Waals surface area contributed by atoms with Crippen LogP contribution in [-0.2, 0) is 11.3 Å². The van der Waals surface area contributed by atoms with Crippen LogP contribution in [0.1, 0.15) is 68.3 Å². The van der Waals surface area contributed by atoms with Gasteiger partial charge in [-0.15, -0.1) is 0 Å². The molecule has 166 valence electrons. The first-order valence-electron chi connectivity index (χ1n) is 11.3. The third kappa shape index (κ3) is 8.43. The third-order valence-electron chi connectivity index (χ3n) is 5.06. The number of hydrogen-bond acceptors (Lipinski definition) is 3. The number of likely N-dealkylation sites (tertiary alicyclic amines) is 1. The lowest BCUT2D eigenvalue weighted by Crippen LogP contribution is -2.39. The van der Waals surface area contributed by atoms with Crippen molar-refractivity contribution in [1.82, 2.24) is 20.9 Å². The normalized spacial score (nSPS) is 14.9. The van der Waals surface area contributed by atoms with Gasteiger partial charge in [0, 0.05) is 44.7 Å². The van der Waals surface area contributed by atoms with Crippen LogP contribution in [0.4, 0.5) is 0 Å². The van der Waals surface area contributed by atoms with Crippen LogP contribution in [0.25, 0.3) is 0 Å². The topological polar surface area (TPSA) is 85.8 Å². The highest BCUT2D eigenvalue weighted by atomic mass is 16.2. The predicted octanol–water partition coefficient (Wildman–Crippen LogP) is 2.67. The van der Waals surface area contributed by atoms with Crippen LogP contribution in [0.5, 0.6) is 0 Å². The number of carbonyl (C=O) groups is 2. The molecule has 1 heterocycles. The van der Waals surface area contributed by atoms with Crippen LogP contribution in [0.15, 0.2) is 29.3 Å². The zero-order valence-corrected chi connectivity index (χ0v) is 18.5. The highest BCUT2D eigenvalue weighted by Gasteiger charge is 2.15. The minimum Gasteiger partial charge on any atom is -0.357 e. The molecule has 1 aromatic carbocycles. The summed E-state index contributed by atoms with van der Waals surface area (Å²) >= 11 is 0. The second-order valence-electron chi connectivity index (χ2n) is 7.62. The lowest BCUT2D eigenvalue weighted by Gasteiger charge is -2.20. The van der Waals surface area contributed by atoms with Crippen molar-refractivity contribution in [3.63, 3.8) is 0 Å². The molecule has 1 fully saturated rings. The zero-order chi connectivity index (χ0) is 21.6. The van der Waals surface area contributed by atoms with Gasteiger partial charge in [-0.05, 0) is 50.3 Å². The first-order valence-corrected chi connectivity index (χ1v) is 11.3. The van der Waals surface area contributed by atoms with Crippen molar-refractivity contribution in [2.45, 2.75) is 58.9 Å². The Morgan fingerprint density at radius 2 is 1.97 bits per heavy atom. The molecular formula is C23H37N5O2. The molecule has 2 amide bonds. The van der Waals surface area contributed by atoms with Gasteiger partial charge in [-0.25, -0.2) is 4.99 Å². The molecule has 1 aromatic rings. The first-order chi connectivity index (χ1) is 14.6. The summed E-state index contributed by atoms with van der Waals surface area (Å²) in [4.78, 5) is 30.9. The van der Waals surface area contributed by atoms with Crippen LogP contribution in [0.2, 0.25) is 0 Å². The summed E-state index contributed by atoms with van der Waals surface area (Å²) in [5.74, 6) is 0.993. The maximum atomic E-state index is 12.1. The minimum atomic E-state index is -0.0456. The van der Waals surface area contributed by atoms with Crippen LogP contribution in [0, 0.1) is 0 Å². The van der Waals surface area contributed by atoms with Gasteiger partial charge < -0.3 is 20.9 Å². The van der Waals surface area contributed by atoms with Crippen molar-refractivity contribution >= 4 is 17.8 Å². The Balaban J connectivity index is 1.83. The van der Waals surface area contributed by atoms with Crippen molar-refractivity contribution in [3.05, 3.63) is 35.4 Å². The van der Waals surface area contributed by atoms with Crippen LogP contribution >= 0.6 is 0 Å². The molecule has 0 aliphatic carbocycles. The van der Waals surface area contributed by atoms with Gasteiger partial charge in [0.15, 0.2) is 5.96 Å². The average molecular weight is 416 g/mol. The fourth-order valence-electron chi connectivity index (χ4n) is 3.42. The zero-order valence-electron chi connectivity index (χ0n) is 18.5. The summed E-state index contributed by atoms with van der Waals surface area (Å²) in [5, 5.41) is 9.50. The van der Waals surface area contributed by atoms with E-state index in [2.05, 4.69) is 20.9 Å². The van der Waals surface area contributed by atoms with Crippen molar-refractivity contribution < 1.29 is 9.59 Å². The Bertz CT molecular complexity index is 705. The van der Waals surface area contributed by atoms with Gasteiger partial charge in [0.2, 0.25) is 5.91 Å². The van der Waals surface area contributed by atoms with E-state index in [-0.39, 0.29) is 11.8 Å². The van der Waals surface area contributed by atoms with Gasteiger partial charge in [0.1, 0.15) is 0 Å². The van der Waals surface area contributed by atoms with Crippen molar-refractivity contribution in [1.29, 1.82) is 0 Å². The van der Waals surface area contributed by atoms with Crippen LogP contribution in [-0.4, -0.2) is 55.4 Å². The molecule has 0 spiro atoms. The number of amides is 2. The highest BCUT2D eigenvalue weighted by Crippen LogP contribution is 2.11. The first kappa shape index (κ1) is 23.7. The van der Waals surface area contributed by atoms with E-state index in [0.29, 0.717) is 25.1 Å². The lowest BCUT2D eigenvalue weighted by atomic mass is 10.1. The van der Waals surface area contributed by atoms with E-state index in [4.69, 9.17) is 0 Å². The molecule has 0 radical (unpaired) electrons. The summed E-state index contributed by atoms with van der Waals surface area (Å²) in [5.41, 5.74) is 1.66. The Labute approximate surface area is 180 Å². The fourth-order valence-corrected chi connectivity index (χ4v) is 3.42. The van der Waals surface area contributed by atoms with Crippen molar-refractivity contribution in [2.24, 2.45) is 4.99 Å². The maximum absolute atomic E-state index is 12.1. The number of guanidine groups is 1. The molecule has 0 unspecified atom stereocenters. The second kappa shape index (κ2) is 13.6.